The first-order valence-corrected chi connectivity index (χ1v) is 25.0. The first-order chi connectivity index (χ1) is 23.5. The topological polar surface area (TPSA) is 121 Å². The lowest BCUT2D eigenvalue weighted by Crippen LogP contribution is -2.34. The summed E-state index contributed by atoms with van der Waals surface area (Å²) in [5.41, 5.74) is 0.651. The van der Waals surface area contributed by atoms with E-state index in [1.165, 1.54) is 7.11 Å². The van der Waals surface area contributed by atoms with E-state index in [1.54, 1.807) is 0 Å². The third-order valence-corrected chi connectivity index (χ3v) is 29.3. The summed E-state index contributed by atoms with van der Waals surface area (Å²) in [4.78, 5) is 0. The van der Waals surface area contributed by atoms with Crippen LogP contribution in [-0.2, 0) is 4.74 Å². The minimum absolute atomic E-state index is 0.307. The maximum Gasteiger partial charge on any atom is 0.502 e. The molecule has 0 N–H and O–H groups in total. The first-order valence-electron chi connectivity index (χ1n) is 17.0. The molecule has 312 valence electrons. The zero-order valence-electron chi connectivity index (χ0n) is 37.6. The van der Waals surface area contributed by atoms with Crippen LogP contribution in [0.1, 0.15) is 13.3 Å². The van der Waals surface area contributed by atoms with Crippen LogP contribution in [0.15, 0.2) is 29.6 Å². The highest BCUT2D eigenvalue weighted by atomic mass is 31.3. The molecule has 0 unspecified atom stereocenters. The Morgan fingerprint density at radius 3 is 0.846 bits per heavy atom. The largest absolute Gasteiger partial charge is 0.617 e. The molecule has 0 aromatic heterocycles. The summed E-state index contributed by atoms with van der Waals surface area (Å²) < 4.78 is 56.3. The van der Waals surface area contributed by atoms with Crippen LogP contribution in [0.4, 0.5) is 0 Å². The van der Waals surface area contributed by atoms with Gasteiger partial charge in [0.2, 0.25) is 30.0 Å². The van der Waals surface area contributed by atoms with Crippen LogP contribution in [0.3, 0.4) is 0 Å². The molecular formula is C29H79N16O2P5. The summed E-state index contributed by atoms with van der Waals surface area (Å²) in [5.74, 6) is -0.307. The molecule has 0 rings (SSSR count). The van der Waals surface area contributed by atoms with E-state index < -0.39 is 37.9 Å². The van der Waals surface area contributed by atoms with Gasteiger partial charge in [-0.15, -0.1) is 0 Å². The van der Waals surface area contributed by atoms with E-state index >= 15 is 0 Å². The third-order valence-electron chi connectivity index (χ3n) is 8.67. The van der Waals surface area contributed by atoms with Crippen molar-refractivity contribution in [3.05, 3.63) is 11.5 Å². The molecule has 0 aliphatic rings. The lowest BCUT2D eigenvalue weighted by Gasteiger charge is -2.45. The van der Waals surface area contributed by atoms with E-state index in [2.05, 4.69) is 218 Å². The second kappa shape index (κ2) is 20.6. The fourth-order valence-electron chi connectivity index (χ4n) is 6.63. The zero-order valence-corrected chi connectivity index (χ0v) is 42.1. The average Bonchev–Trinajstić information content (AvgIpc) is 3.00. The Morgan fingerprint density at radius 1 is 0.442 bits per heavy atom. The number of hydrogen-bond donors (Lipinski definition) is 0. The van der Waals surface area contributed by atoms with Gasteiger partial charge in [0.1, 0.15) is 0 Å². The Morgan fingerprint density at radius 2 is 0.654 bits per heavy atom. The second-order valence-corrected chi connectivity index (χ2v) is 32.5. The maximum atomic E-state index is 12.5. The van der Waals surface area contributed by atoms with Crippen molar-refractivity contribution in [1.82, 2.24) is 56.0 Å². The van der Waals surface area contributed by atoms with Gasteiger partial charge in [-0.05, 0) is 201 Å². The number of rotatable bonds is 20. The van der Waals surface area contributed by atoms with Gasteiger partial charge in [0.15, 0.2) is 0 Å². The fraction of sp³-hybridized carbons (Fsp3) is 0.931. The van der Waals surface area contributed by atoms with Gasteiger partial charge in [-0.1, -0.05) is 5.57 Å². The Labute approximate surface area is 321 Å². The van der Waals surface area contributed by atoms with E-state index in [1.807, 2.05) is 6.92 Å². The Kier molecular flexibility index (Phi) is 20.7. The first kappa shape index (κ1) is 52.2. The van der Waals surface area contributed by atoms with Crippen LogP contribution in [0.5, 0.6) is 0 Å². The van der Waals surface area contributed by atoms with Crippen molar-refractivity contribution in [2.24, 2.45) is 18.1 Å². The van der Waals surface area contributed by atoms with Gasteiger partial charge in [-0.3, -0.25) is 0 Å². The number of nitrogens with zero attached hydrogens (tertiary/aromatic N) is 16. The molecule has 0 bridgehead atoms. The van der Waals surface area contributed by atoms with Crippen LogP contribution in [0.2, 0.25) is 0 Å². The smallest absolute Gasteiger partial charge is 0.502 e. The molecule has 0 aromatic carbocycles. The van der Waals surface area contributed by atoms with Gasteiger partial charge in [0.25, 0.3) is 0 Å². The van der Waals surface area contributed by atoms with Crippen molar-refractivity contribution in [2.45, 2.75) is 13.3 Å². The molecule has 18 nitrogen and oxygen atoms in total. The van der Waals surface area contributed by atoms with E-state index in [4.69, 9.17) is 22.8 Å². The van der Waals surface area contributed by atoms with Crippen LogP contribution < -0.4 is 5.11 Å². The van der Waals surface area contributed by atoms with Crippen LogP contribution in [0.25, 0.3) is 0 Å². The molecule has 0 saturated heterocycles. The molecule has 0 radical (unpaired) electrons. The van der Waals surface area contributed by atoms with Gasteiger partial charge in [0, 0.05) is 12.5 Å². The van der Waals surface area contributed by atoms with Crippen molar-refractivity contribution in [3.8, 4) is 0 Å². The van der Waals surface area contributed by atoms with Crippen LogP contribution in [-0.4, -0.2) is 232 Å². The van der Waals surface area contributed by atoms with Crippen molar-refractivity contribution in [1.29, 1.82) is 0 Å². The van der Waals surface area contributed by atoms with E-state index in [0.717, 1.165) is 0 Å². The highest BCUT2D eigenvalue weighted by molar-refractivity contribution is 7.88. The van der Waals surface area contributed by atoms with E-state index in [-0.39, 0.29) is 5.95 Å². The predicted octanol–water partition coefficient (Wildman–Crippen LogP) is 5.19. The third kappa shape index (κ3) is 10.6. The summed E-state index contributed by atoms with van der Waals surface area (Å²) in [6.45, 7) is 2.38. The van der Waals surface area contributed by atoms with Crippen molar-refractivity contribution in [3.63, 3.8) is 0 Å². The van der Waals surface area contributed by atoms with Gasteiger partial charge in [0.05, 0.1) is 0 Å². The molecule has 0 heterocycles. The van der Waals surface area contributed by atoms with Crippen molar-refractivity contribution < 1.29 is 9.84 Å². The number of methoxy groups -OCH3 is 1. The molecule has 52 heavy (non-hydrogen) atoms. The molecule has 0 atom stereocenters. The molecular weight excluding hydrogens is 759 g/mol. The van der Waals surface area contributed by atoms with Crippen molar-refractivity contribution in [2.75, 3.05) is 176 Å². The summed E-state index contributed by atoms with van der Waals surface area (Å²) >= 11 is 0. The molecule has 0 fully saturated rings. The summed E-state index contributed by atoms with van der Waals surface area (Å²) in [6, 6.07) is 0. The second-order valence-electron chi connectivity index (χ2n) is 14.8. The molecule has 0 aliphatic carbocycles. The minimum atomic E-state index is -3.60. The monoisotopic (exact) mass is 839 g/mol. The summed E-state index contributed by atoms with van der Waals surface area (Å²) in [7, 11) is 34.8. The Bertz CT molecular complexity index is 1200. The standard InChI is InChI=1S/C29H79N16O2P5/c1-28(29(46)47-25)26-27-45(24)52(43(20)21,44(22)23)33-48(30-49(34(2)3,35(4)5)36(6)7,31-50(37(8)9,38(10)11)39(12)13)32-51(40(14)15,41(16)17)42(18)19/h26-27H2,1-25H3/b29-28+. The molecule has 0 aromatic rings. The normalized spacial score (nSPS) is 14.9. The van der Waals surface area contributed by atoms with Crippen molar-refractivity contribution >= 4 is 37.9 Å². The molecule has 0 aliphatic heterocycles. The maximum absolute atomic E-state index is 12.5. The average molecular weight is 839 g/mol. The molecule has 0 amide bonds. The highest BCUT2D eigenvalue weighted by Gasteiger charge is 2.57. The minimum Gasteiger partial charge on any atom is -0.617 e. The highest BCUT2D eigenvalue weighted by Crippen LogP contribution is 2.86. The van der Waals surface area contributed by atoms with Gasteiger partial charge < -0.3 is 9.84 Å². The van der Waals surface area contributed by atoms with Gasteiger partial charge in [-0.25, -0.2) is 56.0 Å². The Balaban J connectivity index is 10.2. The van der Waals surface area contributed by atoms with Gasteiger partial charge >= 0.3 is 7.87 Å². The van der Waals surface area contributed by atoms with Crippen LogP contribution >= 0.6 is 37.9 Å². The predicted molar refractivity (Wildman–Crippen MR) is 232 cm³/mol. The van der Waals surface area contributed by atoms with E-state index in [0.29, 0.717) is 18.5 Å². The zero-order chi connectivity index (χ0) is 41.5. The SMILES string of the molecule is CO/C([O-])=C(\C)CCN(C)P(=N[P+](N=P(N(C)C)(N(C)C)N(C)C)(N=P(N(C)C)(N(C)C)N(C)C)N=P(N(C)C)(N(C)C)N(C)C)(N(C)C)N(C)C. The number of ether oxygens (including phenoxy) is 1. The fourth-order valence-corrected chi connectivity index (χ4v) is 30.9. The quantitative estimate of drug-likeness (QED) is 0.118. The summed E-state index contributed by atoms with van der Waals surface area (Å²) in [6.07, 6.45) is 0.511. The molecule has 0 saturated carbocycles. The Hall–Kier alpha value is 0.210. The van der Waals surface area contributed by atoms with E-state index in [9.17, 15) is 5.11 Å². The van der Waals surface area contributed by atoms with Crippen LogP contribution in [0, 0.1) is 0 Å². The van der Waals surface area contributed by atoms with Gasteiger partial charge in [-0.2, -0.15) is 0 Å². The lowest BCUT2D eigenvalue weighted by atomic mass is 10.2. The molecule has 0 spiro atoms. The lowest BCUT2D eigenvalue weighted by molar-refractivity contribution is -0.355. The molecule has 23 heteroatoms. The summed E-state index contributed by atoms with van der Waals surface area (Å²) in [5, 5.41) is 12.5. The number of hydrogen-bond acceptors (Lipinski definition) is 6.